The second kappa shape index (κ2) is 5.76. The van der Waals surface area contributed by atoms with Crippen LogP contribution in [0.3, 0.4) is 0 Å². The zero-order valence-corrected chi connectivity index (χ0v) is 12.3. The van der Waals surface area contributed by atoms with Gasteiger partial charge in [0.05, 0.1) is 16.0 Å². The molecular formula is C10H13ClN2O4S2. The largest absolute Gasteiger partial charge is 0.376 e. The van der Waals surface area contributed by atoms with E-state index >= 15 is 0 Å². The Bertz CT molecular complexity index is 578. The van der Waals surface area contributed by atoms with E-state index in [9.17, 15) is 13.2 Å². The zero-order chi connectivity index (χ0) is 14.0. The molecule has 1 unspecified atom stereocenters. The number of rotatable bonds is 4. The average Bonchev–Trinajstić information content (AvgIpc) is 2.93. The fourth-order valence-electron chi connectivity index (χ4n) is 1.82. The number of carbonyl (C=O) groups excluding carboxylic acids is 1. The summed E-state index contributed by atoms with van der Waals surface area (Å²) in [6.07, 6.45) is 1.83. The number of hydrogen-bond donors (Lipinski definition) is 2. The third-order valence-electron chi connectivity index (χ3n) is 2.69. The van der Waals surface area contributed by atoms with Crippen LogP contribution in [0, 0.1) is 0 Å². The van der Waals surface area contributed by atoms with Crippen molar-refractivity contribution in [3.8, 4) is 0 Å². The molecule has 0 spiro atoms. The van der Waals surface area contributed by atoms with Gasteiger partial charge >= 0.3 is 0 Å². The number of carbonyl (C=O) groups is 1. The molecule has 1 atom stereocenters. The summed E-state index contributed by atoms with van der Waals surface area (Å²) < 4.78 is 28.1. The van der Waals surface area contributed by atoms with Crippen LogP contribution in [0.2, 0.25) is 4.34 Å². The monoisotopic (exact) mass is 324 g/mol. The lowest BCUT2D eigenvalue weighted by molar-refractivity contribution is 0.0856. The minimum Gasteiger partial charge on any atom is -0.376 e. The fraction of sp³-hybridized carbons (Fsp3) is 0.500. The van der Waals surface area contributed by atoms with Crippen molar-refractivity contribution in [3.05, 3.63) is 16.0 Å². The van der Waals surface area contributed by atoms with E-state index < -0.39 is 15.9 Å². The summed E-state index contributed by atoms with van der Waals surface area (Å²) in [6, 6.07) is 1.30. The Hall–Kier alpha value is -0.670. The number of nitrogens with two attached hydrogens (primary N) is 1. The minimum absolute atomic E-state index is 0.0176. The van der Waals surface area contributed by atoms with Gasteiger partial charge in [-0.3, -0.25) is 4.79 Å². The number of thiophene rings is 1. The molecule has 1 aliphatic heterocycles. The first-order valence-corrected chi connectivity index (χ1v) is 8.34. The van der Waals surface area contributed by atoms with Gasteiger partial charge in [-0.05, 0) is 18.9 Å². The normalized spacial score (nSPS) is 19.6. The van der Waals surface area contributed by atoms with Crippen LogP contribution in [0.1, 0.15) is 23.2 Å². The van der Waals surface area contributed by atoms with Gasteiger partial charge in [-0.1, -0.05) is 11.6 Å². The third-order valence-corrected chi connectivity index (χ3v) is 5.43. The Morgan fingerprint density at radius 2 is 2.37 bits per heavy atom. The Morgan fingerprint density at radius 3 is 2.95 bits per heavy atom. The number of hydrogen-bond acceptors (Lipinski definition) is 5. The lowest BCUT2D eigenvalue weighted by Crippen LogP contribution is -2.32. The van der Waals surface area contributed by atoms with Gasteiger partial charge in [0.25, 0.3) is 5.91 Å². The Labute approximate surface area is 119 Å². The average molecular weight is 325 g/mol. The molecule has 9 heteroatoms. The van der Waals surface area contributed by atoms with Crippen LogP contribution in [0.15, 0.2) is 10.3 Å². The first kappa shape index (κ1) is 14.7. The summed E-state index contributed by atoms with van der Waals surface area (Å²) in [4.78, 5) is 11.9. The summed E-state index contributed by atoms with van der Waals surface area (Å²) in [5.41, 5.74) is -0.0181. The second-order valence-electron chi connectivity index (χ2n) is 4.14. The van der Waals surface area contributed by atoms with Crippen molar-refractivity contribution in [2.45, 2.75) is 23.2 Å². The Kier molecular flexibility index (Phi) is 4.46. The van der Waals surface area contributed by atoms with Crippen molar-refractivity contribution in [3.63, 3.8) is 0 Å². The molecule has 1 aliphatic rings. The third kappa shape index (κ3) is 3.67. The molecule has 106 valence electrons. The SMILES string of the molecule is NS(=O)(=O)c1sc(Cl)cc1C(=O)NCC1CCCO1. The number of halogens is 1. The highest BCUT2D eigenvalue weighted by atomic mass is 35.5. The highest BCUT2D eigenvalue weighted by Gasteiger charge is 2.24. The lowest BCUT2D eigenvalue weighted by atomic mass is 10.2. The molecule has 1 aromatic rings. The lowest BCUT2D eigenvalue weighted by Gasteiger charge is -2.10. The quantitative estimate of drug-likeness (QED) is 0.861. The molecule has 3 N–H and O–H groups in total. The molecule has 2 heterocycles. The van der Waals surface area contributed by atoms with Gasteiger partial charge < -0.3 is 10.1 Å². The predicted octanol–water partition coefficient (Wildman–Crippen LogP) is 0.958. The molecule has 6 nitrogen and oxygen atoms in total. The van der Waals surface area contributed by atoms with E-state index in [1.807, 2.05) is 0 Å². The van der Waals surface area contributed by atoms with E-state index in [0.29, 0.717) is 13.2 Å². The molecule has 0 aliphatic carbocycles. The number of nitrogens with one attached hydrogen (secondary N) is 1. The van der Waals surface area contributed by atoms with E-state index in [4.69, 9.17) is 21.5 Å². The van der Waals surface area contributed by atoms with E-state index in [-0.39, 0.29) is 20.2 Å². The van der Waals surface area contributed by atoms with Gasteiger partial charge in [0, 0.05) is 13.2 Å². The molecule has 1 fully saturated rings. The molecule has 0 saturated carbocycles. The van der Waals surface area contributed by atoms with Gasteiger partial charge in [0.2, 0.25) is 10.0 Å². The second-order valence-corrected chi connectivity index (χ2v) is 7.58. The van der Waals surface area contributed by atoms with Gasteiger partial charge in [-0.25, -0.2) is 13.6 Å². The van der Waals surface area contributed by atoms with Crippen LogP contribution in [-0.2, 0) is 14.8 Å². The molecule has 0 radical (unpaired) electrons. The molecular weight excluding hydrogens is 312 g/mol. The number of sulfonamides is 1. The van der Waals surface area contributed by atoms with Crippen LogP contribution in [0.5, 0.6) is 0 Å². The Morgan fingerprint density at radius 1 is 1.63 bits per heavy atom. The first-order chi connectivity index (χ1) is 8.88. The minimum atomic E-state index is -3.95. The summed E-state index contributed by atoms with van der Waals surface area (Å²) >= 11 is 6.50. The van der Waals surface area contributed by atoms with Crippen molar-refractivity contribution in [1.29, 1.82) is 0 Å². The van der Waals surface area contributed by atoms with Crippen molar-refractivity contribution < 1.29 is 17.9 Å². The van der Waals surface area contributed by atoms with Gasteiger partial charge in [-0.2, -0.15) is 0 Å². The van der Waals surface area contributed by atoms with Crippen LogP contribution >= 0.6 is 22.9 Å². The zero-order valence-electron chi connectivity index (χ0n) is 9.89. The highest BCUT2D eigenvalue weighted by Crippen LogP contribution is 2.29. The molecule has 1 aromatic heterocycles. The van der Waals surface area contributed by atoms with E-state index in [1.54, 1.807) is 0 Å². The van der Waals surface area contributed by atoms with Gasteiger partial charge in [0.1, 0.15) is 4.21 Å². The van der Waals surface area contributed by atoms with Crippen LogP contribution in [0.4, 0.5) is 0 Å². The maximum atomic E-state index is 11.9. The molecule has 19 heavy (non-hydrogen) atoms. The van der Waals surface area contributed by atoms with Crippen LogP contribution < -0.4 is 10.5 Å². The fourth-order valence-corrected chi connectivity index (χ4v) is 4.11. The van der Waals surface area contributed by atoms with E-state index in [1.165, 1.54) is 6.07 Å². The molecule has 1 amide bonds. The highest BCUT2D eigenvalue weighted by molar-refractivity contribution is 7.91. The van der Waals surface area contributed by atoms with E-state index in [2.05, 4.69) is 5.32 Å². The smallest absolute Gasteiger partial charge is 0.253 e. The van der Waals surface area contributed by atoms with Crippen molar-refractivity contribution in [2.75, 3.05) is 13.2 Å². The van der Waals surface area contributed by atoms with Crippen LogP contribution in [-0.4, -0.2) is 33.6 Å². The number of primary sulfonamides is 1. The number of ether oxygens (including phenoxy) is 1. The predicted molar refractivity (Wildman–Crippen MR) is 72.0 cm³/mol. The maximum Gasteiger partial charge on any atom is 0.253 e. The topological polar surface area (TPSA) is 98.5 Å². The maximum absolute atomic E-state index is 11.9. The summed E-state index contributed by atoms with van der Waals surface area (Å²) in [5.74, 6) is -0.511. The summed E-state index contributed by atoms with van der Waals surface area (Å²) in [7, 11) is -3.95. The van der Waals surface area contributed by atoms with Crippen molar-refractivity contribution >= 4 is 38.9 Å². The van der Waals surface area contributed by atoms with Gasteiger partial charge in [-0.15, -0.1) is 11.3 Å². The van der Waals surface area contributed by atoms with Crippen molar-refractivity contribution in [1.82, 2.24) is 5.32 Å². The first-order valence-electron chi connectivity index (χ1n) is 5.60. The Balaban J connectivity index is 2.10. The number of amides is 1. The molecule has 0 aromatic carbocycles. The molecule has 0 bridgehead atoms. The van der Waals surface area contributed by atoms with Crippen LogP contribution in [0.25, 0.3) is 0 Å². The standard InChI is InChI=1S/C10H13ClN2O4S2/c11-8-4-7(10(18-8)19(12,15)16)9(14)13-5-6-2-1-3-17-6/h4,6H,1-3,5H2,(H,13,14)(H2,12,15,16). The molecule has 1 saturated heterocycles. The summed E-state index contributed by atoms with van der Waals surface area (Å²) in [6.45, 7) is 1.03. The molecule has 2 rings (SSSR count). The van der Waals surface area contributed by atoms with Crippen molar-refractivity contribution in [2.24, 2.45) is 5.14 Å². The van der Waals surface area contributed by atoms with Gasteiger partial charge in [0.15, 0.2) is 0 Å². The summed E-state index contributed by atoms with van der Waals surface area (Å²) in [5, 5.41) is 7.68. The van der Waals surface area contributed by atoms with E-state index in [0.717, 1.165) is 24.2 Å².